The molecule has 0 aromatic rings. The fourth-order valence-electron chi connectivity index (χ4n) is 4.13. The standard InChI is InChI=1S/C24H49NO5Si/c1-15-14-28-24(8,9)29-20(15)18(4)21(30-31(12,13)23(5,6)7)16(2)19(26)17(3)22(27)25(10)11/h15-21,26H,14H2,1-13H3/t15-,16-,17-,18+,19-,20-,21-/m1/s1. The second-order valence-corrected chi connectivity index (χ2v) is 16.6. The molecule has 1 N–H and O–H groups in total. The molecule has 6 nitrogen and oxygen atoms in total. The van der Waals surface area contributed by atoms with E-state index in [1.54, 1.807) is 25.9 Å². The molecule has 1 fully saturated rings. The van der Waals surface area contributed by atoms with Crippen LogP contribution in [0, 0.1) is 23.7 Å². The Morgan fingerprint density at radius 2 is 1.71 bits per heavy atom. The van der Waals surface area contributed by atoms with Crippen molar-refractivity contribution in [1.29, 1.82) is 0 Å². The molecule has 31 heavy (non-hydrogen) atoms. The summed E-state index contributed by atoms with van der Waals surface area (Å²) in [6.07, 6.45) is -1.11. The summed E-state index contributed by atoms with van der Waals surface area (Å²) in [5.74, 6) is -1.23. The molecule has 0 spiro atoms. The van der Waals surface area contributed by atoms with Crippen molar-refractivity contribution in [1.82, 2.24) is 4.90 Å². The number of amides is 1. The monoisotopic (exact) mass is 459 g/mol. The number of hydrogen-bond donors (Lipinski definition) is 1. The molecule has 0 aromatic carbocycles. The summed E-state index contributed by atoms with van der Waals surface area (Å²) in [5.41, 5.74) is 0. The quantitative estimate of drug-likeness (QED) is 0.541. The number of rotatable bonds is 8. The third-order valence-corrected chi connectivity index (χ3v) is 11.8. The smallest absolute Gasteiger partial charge is 0.227 e. The summed E-state index contributed by atoms with van der Waals surface area (Å²) in [6.45, 7) is 23.7. The molecular weight excluding hydrogens is 410 g/mol. The number of carbonyl (C=O) groups is 1. The SMILES string of the molecule is C[C@H]([C@@H](O)[C@@H](C)C(=O)N(C)C)[C@@H](O[Si](C)(C)C(C)(C)C)[C@@H](C)[C@@H]1OC(C)(C)OC[C@H]1C. The molecule has 1 saturated heterocycles. The molecule has 1 aliphatic heterocycles. The summed E-state index contributed by atoms with van der Waals surface area (Å²) in [6, 6.07) is 0. The van der Waals surface area contributed by atoms with Gasteiger partial charge in [-0.15, -0.1) is 0 Å². The minimum Gasteiger partial charge on any atom is -0.413 e. The van der Waals surface area contributed by atoms with Crippen molar-refractivity contribution < 1.29 is 23.8 Å². The van der Waals surface area contributed by atoms with Crippen LogP contribution in [0.2, 0.25) is 18.1 Å². The van der Waals surface area contributed by atoms with Crippen molar-refractivity contribution in [3.05, 3.63) is 0 Å². The van der Waals surface area contributed by atoms with Crippen LogP contribution >= 0.6 is 0 Å². The normalized spacial score (nSPS) is 27.2. The third-order valence-electron chi connectivity index (χ3n) is 7.35. The van der Waals surface area contributed by atoms with Gasteiger partial charge in [0.2, 0.25) is 5.91 Å². The van der Waals surface area contributed by atoms with Gasteiger partial charge < -0.3 is 23.9 Å². The van der Waals surface area contributed by atoms with Crippen LogP contribution < -0.4 is 0 Å². The zero-order chi connectivity index (χ0) is 24.5. The van der Waals surface area contributed by atoms with E-state index in [4.69, 9.17) is 13.9 Å². The van der Waals surface area contributed by atoms with Crippen molar-refractivity contribution in [3.63, 3.8) is 0 Å². The maximum atomic E-state index is 12.6. The Balaban J connectivity index is 3.29. The van der Waals surface area contributed by atoms with Gasteiger partial charge in [0.1, 0.15) is 0 Å². The molecule has 7 heteroatoms. The van der Waals surface area contributed by atoms with E-state index < -0.39 is 26.1 Å². The molecule has 0 saturated carbocycles. The van der Waals surface area contributed by atoms with E-state index in [1.807, 2.05) is 20.8 Å². The molecule has 184 valence electrons. The van der Waals surface area contributed by atoms with Gasteiger partial charge in [-0.05, 0) is 32.0 Å². The van der Waals surface area contributed by atoms with Gasteiger partial charge in [-0.1, -0.05) is 48.5 Å². The Labute approximate surface area is 192 Å². The highest BCUT2D eigenvalue weighted by atomic mass is 28.4. The van der Waals surface area contributed by atoms with Gasteiger partial charge in [-0.25, -0.2) is 0 Å². The first-order chi connectivity index (χ1) is 13.8. The van der Waals surface area contributed by atoms with E-state index >= 15 is 0 Å². The molecule has 0 aromatic heterocycles. The minimum atomic E-state index is -2.14. The first-order valence-corrected chi connectivity index (χ1v) is 14.6. The molecule has 0 aliphatic carbocycles. The van der Waals surface area contributed by atoms with Crippen LogP contribution in [0.1, 0.15) is 62.3 Å². The maximum absolute atomic E-state index is 12.6. The third kappa shape index (κ3) is 7.00. The van der Waals surface area contributed by atoms with Gasteiger partial charge in [0.25, 0.3) is 0 Å². The Morgan fingerprint density at radius 3 is 2.16 bits per heavy atom. The van der Waals surface area contributed by atoms with Crippen molar-refractivity contribution in [2.45, 2.75) is 105 Å². The number of ether oxygens (including phenoxy) is 2. The Bertz CT molecular complexity index is 601. The molecule has 1 heterocycles. The molecule has 7 atom stereocenters. The van der Waals surface area contributed by atoms with Gasteiger partial charge in [0.05, 0.1) is 30.8 Å². The number of aliphatic hydroxyl groups is 1. The largest absolute Gasteiger partial charge is 0.413 e. The fourth-order valence-corrected chi connectivity index (χ4v) is 5.59. The highest BCUT2D eigenvalue weighted by Gasteiger charge is 2.47. The zero-order valence-corrected chi connectivity index (χ0v) is 23.3. The molecule has 1 amide bonds. The van der Waals surface area contributed by atoms with Crippen LogP contribution in [0.4, 0.5) is 0 Å². The first-order valence-electron chi connectivity index (χ1n) is 11.7. The average molecular weight is 460 g/mol. The molecule has 0 radical (unpaired) electrons. The predicted molar refractivity (Wildman–Crippen MR) is 128 cm³/mol. The Hall–Kier alpha value is -0.473. The number of aliphatic hydroxyl groups excluding tert-OH is 1. The average Bonchev–Trinajstić information content (AvgIpc) is 2.64. The van der Waals surface area contributed by atoms with E-state index in [9.17, 15) is 9.90 Å². The van der Waals surface area contributed by atoms with Crippen molar-refractivity contribution in [2.24, 2.45) is 23.7 Å². The van der Waals surface area contributed by atoms with Crippen LogP contribution in [-0.2, 0) is 18.7 Å². The first kappa shape index (κ1) is 28.6. The maximum Gasteiger partial charge on any atom is 0.227 e. The molecule has 1 aliphatic rings. The Morgan fingerprint density at radius 1 is 1.19 bits per heavy atom. The number of hydrogen-bond acceptors (Lipinski definition) is 5. The van der Waals surface area contributed by atoms with Gasteiger partial charge >= 0.3 is 0 Å². The van der Waals surface area contributed by atoms with E-state index in [2.05, 4.69) is 47.7 Å². The van der Waals surface area contributed by atoms with E-state index in [0.717, 1.165) is 0 Å². The highest BCUT2D eigenvalue weighted by molar-refractivity contribution is 6.74. The summed E-state index contributed by atoms with van der Waals surface area (Å²) in [5, 5.41) is 11.2. The molecule has 0 unspecified atom stereocenters. The van der Waals surface area contributed by atoms with Crippen LogP contribution in [-0.4, -0.2) is 69.0 Å². The van der Waals surface area contributed by atoms with E-state index in [1.165, 1.54) is 0 Å². The second kappa shape index (κ2) is 10.2. The van der Waals surface area contributed by atoms with Crippen LogP contribution in [0.5, 0.6) is 0 Å². The summed E-state index contributed by atoms with van der Waals surface area (Å²) in [4.78, 5) is 14.1. The molecule has 1 rings (SSSR count). The van der Waals surface area contributed by atoms with Crippen LogP contribution in [0.15, 0.2) is 0 Å². The van der Waals surface area contributed by atoms with Crippen molar-refractivity contribution >= 4 is 14.2 Å². The van der Waals surface area contributed by atoms with Gasteiger partial charge in [-0.3, -0.25) is 4.79 Å². The molecule has 0 bridgehead atoms. The lowest BCUT2D eigenvalue weighted by atomic mass is 9.79. The lowest BCUT2D eigenvalue weighted by Gasteiger charge is -2.49. The highest BCUT2D eigenvalue weighted by Crippen LogP contribution is 2.42. The zero-order valence-electron chi connectivity index (χ0n) is 22.3. The Kier molecular flexibility index (Phi) is 9.40. The van der Waals surface area contributed by atoms with Gasteiger partial charge in [-0.2, -0.15) is 0 Å². The minimum absolute atomic E-state index is 0.0265. The summed E-state index contributed by atoms with van der Waals surface area (Å²) >= 11 is 0. The van der Waals surface area contributed by atoms with Crippen LogP contribution in [0.3, 0.4) is 0 Å². The summed E-state index contributed by atoms with van der Waals surface area (Å²) < 4.78 is 19.1. The predicted octanol–water partition coefficient (Wildman–Crippen LogP) is 4.52. The lowest BCUT2D eigenvalue weighted by Crippen LogP contribution is -2.56. The molecular formula is C24H49NO5Si. The van der Waals surface area contributed by atoms with E-state index in [-0.39, 0.29) is 40.9 Å². The second-order valence-electron chi connectivity index (χ2n) is 11.8. The summed E-state index contributed by atoms with van der Waals surface area (Å²) in [7, 11) is 1.31. The van der Waals surface area contributed by atoms with Gasteiger partial charge in [0, 0.05) is 31.8 Å². The lowest BCUT2D eigenvalue weighted by molar-refractivity contribution is -0.304. The van der Waals surface area contributed by atoms with Crippen molar-refractivity contribution in [3.8, 4) is 0 Å². The van der Waals surface area contributed by atoms with Crippen LogP contribution in [0.25, 0.3) is 0 Å². The number of nitrogens with zero attached hydrogens (tertiary/aromatic N) is 1. The van der Waals surface area contributed by atoms with Gasteiger partial charge in [0.15, 0.2) is 14.1 Å². The number of carbonyl (C=O) groups excluding carboxylic acids is 1. The van der Waals surface area contributed by atoms with Crippen molar-refractivity contribution in [2.75, 3.05) is 20.7 Å². The topological polar surface area (TPSA) is 68.2 Å². The van der Waals surface area contributed by atoms with E-state index in [0.29, 0.717) is 6.61 Å². The fraction of sp³-hybridized carbons (Fsp3) is 0.958.